The van der Waals surface area contributed by atoms with E-state index in [9.17, 15) is 4.79 Å². The number of aldehydes is 1. The summed E-state index contributed by atoms with van der Waals surface area (Å²) < 4.78 is 4.46. The number of halogens is 1. The molecule has 1 aromatic carbocycles. The average molecular weight is 209 g/mol. The molecule has 0 N–H and O–H groups in total. The van der Waals surface area contributed by atoms with Crippen LogP contribution in [-0.2, 0) is 0 Å². The summed E-state index contributed by atoms with van der Waals surface area (Å²) in [6.07, 6.45) is 0.598. The van der Waals surface area contributed by atoms with Crippen LogP contribution >= 0.6 is 11.6 Å². The number of carbonyl (C=O) groups excluding carboxylic acids is 1. The molecule has 14 heavy (non-hydrogen) atoms. The number of hydrogen-bond donors (Lipinski definition) is 0. The molecule has 0 saturated carbocycles. The number of hydrogen-bond acceptors (Lipinski definition) is 4. The molecule has 0 amide bonds. The molecule has 0 aliphatic rings. The number of aromatic nitrogens is 2. The van der Waals surface area contributed by atoms with E-state index in [1.807, 2.05) is 0 Å². The van der Waals surface area contributed by atoms with Gasteiger partial charge >= 0.3 is 0 Å². The van der Waals surface area contributed by atoms with Crippen molar-refractivity contribution in [3.63, 3.8) is 0 Å². The molecule has 1 heterocycles. The van der Waals surface area contributed by atoms with Crippen molar-refractivity contribution in [3.8, 4) is 11.3 Å². The minimum atomic E-state index is 0.187. The van der Waals surface area contributed by atoms with Crippen LogP contribution in [0.4, 0.5) is 0 Å². The summed E-state index contributed by atoms with van der Waals surface area (Å²) in [5.74, 6) is 0. The molecule has 0 saturated heterocycles. The number of nitrogens with zero attached hydrogens (tertiary/aromatic N) is 2. The van der Waals surface area contributed by atoms with Gasteiger partial charge in [0.05, 0.1) is 0 Å². The Labute approximate surface area is 84.5 Å². The van der Waals surface area contributed by atoms with Gasteiger partial charge < -0.3 is 0 Å². The first-order valence-corrected chi connectivity index (χ1v) is 4.23. The van der Waals surface area contributed by atoms with Crippen molar-refractivity contribution in [1.82, 2.24) is 10.3 Å². The van der Waals surface area contributed by atoms with E-state index >= 15 is 0 Å². The standard InChI is InChI=1S/C9H5ClN2O2/c10-7-3-1-6(2-4-7)9-8(5-13)11-14-12-9/h1-5H. The van der Waals surface area contributed by atoms with Crippen molar-refractivity contribution in [2.45, 2.75) is 0 Å². The third-order valence-corrected chi connectivity index (χ3v) is 2.00. The van der Waals surface area contributed by atoms with Crippen molar-refractivity contribution < 1.29 is 9.42 Å². The molecule has 0 aliphatic carbocycles. The summed E-state index contributed by atoms with van der Waals surface area (Å²) in [4.78, 5) is 10.5. The maximum atomic E-state index is 10.5. The fraction of sp³-hybridized carbons (Fsp3) is 0. The molecule has 0 spiro atoms. The van der Waals surface area contributed by atoms with Gasteiger partial charge in [0.1, 0.15) is 5.69 Å². The number of rotatable bonds is 2. The van der Waals surface area contributed by atoms with Gasteiger partial charge in [-0.1, -0.05) is 23.7 Å². The topological polar surface area (TPSA) is 56.0 Å². The van der Waals surface area contributed by atoms with Crippen molar-refractivity contribution in [3.05, 3.63) is 35.0 Å². The third kappa shape index (κ3) is 1.52. The Hall–Kier alpha value is -1.68. The van der Waals surface area contributed by atoms with Gasteiger partial charge in [0.15, 0.2) is 12.0 Å². The highest BCUT2D eigenvalue weighted by Gasteiger charge is 2.10. The molecule has 2 aromatic rings. The number of carbonyl (C=O) groups is 1. The average Bonchev–Trinajstić information content (AvgIpc) is 2.67. The fourth-order valence-electron chi connectivity index (χ4n) is 1.08. The van der Waals surface area contributed by atoms with E-state index in [4.69, 9.17) is 11.6 Å². The van der Waals surface area contributed by atoms with Gasteiger partial charge in [-0.25, -0.2) is 4.63 Å². The van der Waals surface area contributed by atoms with E-state index in [1.165, 1.54) is 0 Å². The Morgan fingerprint density at radius 1 is 1.21 bits per heavy atom. The molecule has 5 heteroatoms. The molecular weight excluding hydrogens is 204 g/mol. The summed E-state index contributed by atoms with van der Waals surface area (Å²) in [5.41, 5.74) is 1.36. The predicted octanol–water partition coefficient (Wildman–Crippen LogP) is 2.20. The van der Waals surface area contributed by atoms with Gasteiger partial charge in [-0.3, -0.25) is 4.79 Å². The van der Waals surface area contributed by atoms with Gasteiger partial charge in [0, 0.05) is 10.6 Å². The van der Waals surface area contributed by atoms with E-state index in [2.05, 4.69) is 14.9 Å². The molecule has 0 unspecified atom stereocenters. The summed E-state index contributed by atoms with van der Waals surface area (Å²) >= 11 is 5.72. The van der Waals surface area contributed by atoms with Crippen LogP contribution in [0.5, 0.6) is 0 Å². The van der Waals surface area contributed by atoms with E-state index in [0.717, 1.165) is 5.56 Å². The zero-order valence-electron chi connectivity index (χ0n) is 6.98. The van der Waals surface area contributed by atoms with Crippen LogP contribution in [0.15, 0.2) is 28.9 Å². The lowest BCUT2D eigenvalue weighted by molar-refractivity contribution is 0.111. The van der Waals surface area contributed by atoms with E-state index in [-0.39, 0.29) is 5.69 Å². The Balaban J connectivity index is 2.49. The molecule has 70 valence electrons. The number of benzene rings is 1. The monoisotopic (exact) mass is 208 g/mol. The van der Waals surface area contributed by atoms with Crippen LogP contribution in [0.2, 0.25) is 5.02 Å². The molecule has 0 radical (unpaired) electrons. The highest BCUT2D eigenvalue weighted by atomic mass is 35.5. The minimum Gasteiger partial charge on any atom is -0.296 e. The van der Waals surface area contributed by atoms with Crippen LogP contribution < -0.4 is 0 Å². The lowest BCUT2D eigenvalue weighted by Crippen LogP contribution is -1.85. The Morgan fingerprint density at radius 2 is 1.93 bits per heavy atom. The molecule has 1 aromatic heterocycles. The zero-order chi connectivity index (χ0) is 9.97. The van der Waals surface area contributed by atoms with E-state index in [1.54, 1.807) is 24.3 Å². The first-order chi connectivity index (χ1) is 6.81. The molecule has 0 fully saturated rings. The summed E-state index contributed by atoms with van der Waals surface area (Å²) in [6.45, 7) is 0. The molecule has 2 rings (SSSR count). The first kappa shape index (κ1) is 8.90. The quantitative estimate of drug-likeness (QED) is 0.710. The lowest BCUT2D eigenvalue weighted by atomic mass is 10.1. The third-order valence-electron chi connectivity index (χ3n) is 1.74. The maximum Gasteiger partial charge on any atom is 0.175 e. The predicted molar refractivity (Wildman–Crippen MR) is 50.1 cm³/mol. The molecular formula is C9H5ClN2O2. The highest BCUT2D eigenvalue weighted by Crippen LogP contribution is 2.21. The van der Waals surface area contributed by atoms with Crippen LogP contribution in [0, 0.1) is 0 Å². The molecule has 4 nitrogen and oxygen atoms in total. The Morgan fingerprint density at radius 3 is 2.57 bits per heavy atom. The fourth-order valence-corrected chi connectivity index (χ4v) is 1.21. The van der Waals surface area contributed by atoms with Gasteiger partial charge in [0.2, 0.25) is 0 Å². The summed E-state index contributed by atoms with van der Waals surface area (Å²) in [6, 6.07) is 6.91. The molecule has 0 atom stereocenters. The van der Waals surface area contributed by atoms with E-state index in [0.29, 0.717) is 17.0 Å². The Bertz CT molecular complexity index is 450. The second kappa shape index (κ2) is 3.59. The summed E-state index contributed by atoms with van der Waals surface area (Å²) in [5, 5.41) is 7.70. The molecule has 0 bridgehead atoms. The van der Waals surface area contributed by atoms with Crippen LogP contribution in [0.3, 0.4) is 0 Å². The minimum absolute atomic E-state index is 0.187. The van der Waals surface area contributed by atoms with Crippen LogP contribution in [-0.4, -0.2) is 16.6 Å². The van der Waals surface area contributed by atoms with Crippen molar-refractivity contribution in [2.75, 3.05) is 0 Å². The second-order valence-corrected chi connectivity index (χ2v) is 3.06. The van der Waals surface area contributed by atoms with Gasteiger partial charge in [-0.2, -0.15) is 0 Å². The van der Waals surface area contributed by atoms with E-state index < -0.39 is 0 Å². The van der Waals surface area contributed by atoms with Crippen molar-refractivity contribution in [2.24, 2.45) is 0 Å². The van der Waals surface area contributed by atoms with Crippen molar-refractivity contribution in [1.29, 1.82) is 0 Å². The van der Waals surface area contributed by atoms with Gasteiger partial charge in [-0.15, -0.1) is 0 Å². The van der Waals surface area contributed by atoms with Gasteiger partial charge in [-0.05, 0) is 22.4 Å². The van der Waals surface area contributed by atoms with Crippen LogP contribution in [0.25, 0.3) is 11.3 Å². The molecule has 0 aliphatic heterocycles. The second-order valence-electron chi connectivity index (χ2n) is 2.62. The highest BCUT2D eigenvalue weighted by molar-refractivity contribution is 6.30. The Kier molecular flexibility index (Phi) is 2.28. The zero-order valence-corrected chi connectivity index (χ0v) is 7.73. The smallest absolute Gasteiger partial charge is 0.175 e. The largest absolute Gasteiger partial charge is 0.296 e. The normalized spacial score (nSPS) is 10.1. The first-order valence-electron chi connectivity index (χ1n) is 3.85. The maximum absolute atomic E-state index is 10.5. The van der Waals surface area contributed by atoms with Crippen molar-refractivity contribution >= 4 is 17.9 Å². The lowest BCUT2D eigenvalue weighted by Gasteiger charge is -1.94. The van der Waals surface area contributed by atoms with Crippen LogP contribution in [0.1, 0.15) is 10.5 Å². The SMILES string of the molecule is O=Cc1nonc1-c1ccc(Cl)cc1. The van der Waals surface area contributed by atoms with Gasteiger partial charge in [0.25, 0.3) is 0 Å². The summed E-state index contributed by atoms with van der Waals surface area (Å²) in [7, 11) is 0.